The molecular formula is C32H33N5O6. The van der Waals surface area contributed by atoms with E-state index in [0.717, 1.165) is 11.1 Å². The van der Waals surface area contributed by atoms with Crippen LogP contribution in [0.15, 0.2) is 95.6 Å². The van der Waals surface area contributed by atoms with Gasteiger partial charge in [-0.3, -0.25) is 14.4 Å². The van der Waals surface area contributed by atoms with Gasteiger partial charge in [-0.15, -0.1) is 0 Å². The highest BCUT2D eigenvalue weighted by Crippen LogP contribution is 2.28. The normalized spacial score (nSPS) is 11.2. The summed E-state index contributed by atoms with van der Waals surface area (Å²) in [5.41, 5.74) is 9.49. The minimum atomic E-state index is -1.04. The molecule has 4 aromatic rings. The maximum atomic E-state index is 13.0. The van der Waals surface area contributed by atoms with Gasteiger partial charge in [-0.25, -0.2) is 4.79 Å². The lowest BCUT2D eigenvalue weighted by atomic mass is 10.0. The number of benzene rings is 3. The molecular weight excluding hydrogens is 550 g/mol. The number of carbonyl (C=O) groups is 4. The predicted octanol–water partition coefficient (Wildman–Crippen LogP) is 3.82. The van der Waals surface area contributed by atoms with Crippen LogP contribution in [0.2, 0.25) is 0 Å². The molecule has 1 heterocycles. The average molecular weight is 584 g/mol. The first kappa shape index (κ1) is 30.4. The molecule has 11 nitrogen and oxygen atoms in total. The van der Waals surface area contributed by atoms with Crippen LogP contribution in [-0.4, -0.2) is 55.4 Å². The lowest BCUT2D eigenvalue weighted by molar-refractivity contribution is -0.131. The van der Waals surface area contributed by atoms with Gasteiger partial charge in [0.15, 0.2) is 0 Å². The Morgan fingerprint density at radius 1 is 0.907 bits per heavy atom. The largest absolute Gasteiger partial charge is 0.464 e. The Bertz CT molecular complexity index is 1550. The Labute approximate surface area is 249 Å². The van der Waals surface area contributed by atoms with Crippen molar-refractivity contribution in [2.24, 2.45) is 0 Å². The maximum Gasteiger partial charge on any atom is 0.408 e. The number of nitrogens with zero attached hydrogens (tertiary/aromatic N) is 1. The summed E-state index contributed by atoms with van der Waals surface area (Å²) in [5.74, 6) is -0.596. The molecule has 0 saturated carbocycles. The second kappa shape index (κ2) is 14.4. The summed E-state index contributed by atoms with van der Waals surface area (Å²) in [4.78, 5) is 51.8. The molecule has 0 bridgehead atoms. The number of hydrogen-bond donors (Lipinski definition) is 4. The fraction of sp³-hybridized carbons (Fsp3) is 0.188. The van der Waals surface area contributed by atoms with Crippen molar-refractivity contribution in [2.75, 3.05) is 31.7 Å². The molecule has 0 aliphatic heterocycles. The maximum absolute atomic E-state index is 13.0. The van der Waals surface area contributed by atoms with Crippen molar-refractivity contribution >= 4 is 35.2 Å². The Hall–Kier alpha value is -5.58. The number of ether oxygens (including phenoxy) is 1. The fourth-order valence-electron chi connectivity index (χ4n) is 4.04. The van der Waals surface area contributed by atoms with Crippen LogP contribution in [0.3, 0.4) is 0 Å². The number of nitrogens with one attached hydrogen (secondary N) is 3. The zero-order valence-electron chi connectivity index (χ0n) is 23.8. The van der Waals surface area contributed by atoms with Gasteiger partial charge in [0.25, 0.3) is 5.91 Å². The molecule has 1 aromatic heterocycles. The van der Waals surface area contributed by atoms with Crippen LogP contribution in [-0.2, 0) is 27.4 Å². The van der Waals surface area contributed by atoms with Gasteiger partial charge >= 0.3 is 6.09 Å². The molecule has 0 aliphatic carbocycles. The smallest absolute Gasteiger partial charge is 0.408 e. The minimum absolute atomic E-state index is 0.0267. The third-order valence-corrected chi connectivity index (χ3v) is 6.50. The second-order valence-corrected chi connectivity index (χ2v) is 9.90. The topological polar surface area (TPSA) is 156 Å². The van der Waals surface area contributed by atoms with E-state index < -0.39 is 18.0 Å². The van der Waals surface area contributed by atoms with Crippen molar-refractivity contribution in [2.45, 2.75) is 19.1 Å². The average Bonchev–Trinajstić information content (AvgIpc) is 3.55. The summed E-state index contributed by atoms with van der Waals surface area (Å²) < 4.78 is 10.7. The summed E-state index contributed by atoms with van der Waals surface area (Å²) in [7, 11) is 3.15. The van der Waals surface area contributed by atoms with E-state index in [4.69, 9.17) is 14.9 Å². The lowest BCUT2D eigenvalue weighted by Gasteiger charge is -2.19. The Balaban J connectivity index is 1.42. The zero-order chi connectivity index (χ0) is 30.8. The summed E-state index contributed by atoms with van der Waals surface area (Å²) in [6, 6.07) is 23.4. The molecule has 43 heavy (non-hydrogen) atoms. The summed E-state index contributed by atoms with van der Waals surface area (Å²) in [6.07, 6.45) is 0.864. The predicted molar refractivity (Wildman–Crippen MR) is 162 cm³/mol. The van der Waals surface area contributed by atoms with Gasteiger partial charge in [0.05, 0.1) is 24.2 Å². The van der Waals surface area contributed by atoms with Gasteiger partial charge < -0.3 is 35.7 Å². The highest BCUT2D eigenvalue weighted by molar-refractivity contribution is 6.06. The number of furan rings is 1. The molecule has 0 spiro atoms. The number of hydrogen-bond acceptors (Lipinski definition) is 7. The lowest BCUT2D eigenvalue weighted by Crippen LogP contribution is -2.50. The Kier molecular flexibility index (Phi) is 10.1. The van der Waals surface area contributed by atoms with Crippen molar-refractivity contribution in [3.05, 3.63) is 108 Å². The van der Waals surface area contributed by atoms with E-state index in [2.05, 4.69) is 16.0 Å². The van der Waals surface area contributed by atoms with E-state index in [0.29, 0.717) is 28.3 Å². The highest BCUT2D eigenvalue weighted by atomic mass is 16.5. The third kappa shape index (κ3) is 8.70. The molecule has 4 rings (SSSR count). The molecule has 222 valence electrons. The van der Waals surface area contributed by atoms with Gasteiger partial charge in [0.2, 0.25) is 11.8 Å². The Morgan fingerprint density at radius 2 is 1.65 bits per heavy atom. The molecule has 4 amide bonds. The zero-order valence-corrected chi connectivity index (χ0v) is 23.8. The molecule has 11 heteroatoms. The third-order valence-electron chi connectivity index (χ3n) is 6.50. The van der Waals surface area contributed by atoms with Gasteiger partial charge in [0.1, 0.15) is 18.4 Å². The molecule has 1 atom stereocenters. The fourth-order valence-corrected chi connectivity index (χ4v) is 4.04. The number of rotatable bonds is 11. The van der Waals surface area contributed by atoms with Crippen LogP contribution in [0.1, 0.15) is 21.5 Å². The number of alkyl carbamates (subject to hydrolysis) is 1. The van der Waals surface area contributed by atoms with E-state index >= 15 is 0 Å². The first-order valence-corrected chi connectivity index (χ1v) is 13.5. The van der Waals surface area contributed by atoms with Crippen molar-refractivity contribution in [1.82, 2.24) is 15.5 Å². The van der Waals surface area contributed by atoms with Gasteiger partial charge in [-0.2, -0.15) is 0 Å². The van der Waals surface area contributed by atoms with E-state index in [1.807, 2.05) is 30.3 Å². The number of carbonyl (C=O) groups excluding carboxylic acids is 4. The van der Waals surface area contributed by atoms with Crippen LogP contribution in [0.5, 0.6) is 0 Å². The number of amides is 4. The molecule has 3 aromatic carbocycles. The number of nitrogen functional groups attached to an aromatic ring is 1. The van der Waals surface area contributed by atoms with Crippen LogP contribution >= 0.6 is 0 Å². The first-order chi connectivity index (χ1) is 20.7. The monoisotopic (exact) mass is 583 g/mol. The van der Waals surface area contributed by atoms with Crippen LogP contribution in [0.4, 0.5) is 16.2 Å². The molecule has 0 unspecified atom stereocenters. The van der Waals surface area contributed by atoms with Crippen molar-refractivity contribution in [3.8, 4) is 11.3 Å². The number of anilines is 2. The number of likely N-dealkylation sites (N-methyl/N-ethyl adjacent to an activating group) is 1. The van der Waals surface area contributed by atoms with Crippen molar-refractivity contribution < 1.29 is 28.3 Å². The quantitative estimate of drug-likeness (QED) is 0.196. The number of nitrogens with two attached hydrogens (primary N) is 1. The summed E-state index contributed by atoms with van der Waals surface area (Å²) >= 11 is 0. The minimum Gasteiger partial charge on any atom is -0.464 e. The van der Waals surface area contributed by atoms with E-state index in [1.165, 1.54) is 4.90 Å². The summed E-state index contributed by atoms with van der Waals surface area (Å²) in [5, 5.41) is 7.96. The second-order valence-electron chi connectivity index (χ2n) is 9.90. The highest BCUT2D eigenvalue weighted by Gasteiger charge is 2.23. The molecule has 0 radical (unpaired) electrons. The molecule has 0 aliphatic rings. The Morgan fingerprint density at radius 3 is 2.33 bits per heavy atom. The molecule has 0 saturated heterocycles. The molecule has 0 fully saturated rings. The van der Waals surface area contributed by atoms with Crippen molar-refractivity contribution in [3.63, 3.8) is 0 Å². The van der Waals surface area contributed by atoms with E-state index in [-0.39, 0.29) is 31.4 Å². The SMILES string of the molecule is CN(C)C(=O)CNC(=O)[C@H](Cc1ccc(C(=O)Nc2cc(-c3ccco3)ccc2N)cc1)NC(=O)OCc1ccccc1. The van der Waals surface area contributed by atoms with Crippen molar-refractivity contribution in [1.29, 1.82) is 0 Å². The van der Waals surface area contributed by atoms with E-state index in [9.17, 15) is 19.2 Å². The summed E-state index contributed by atoms with van der Waals surface area (Å²) in [6.45, 7) is -0.203. The van der Waals surface area contributed by atoms with E-state index in [1.54, 1.807) is 75.0 Å². The van der Waals surface area contributed by atoms with Crippen LogP contribution in [0.25, 0.3) is 11.3 Å². The van der Waals surface area contributed by atoms with Crippen LogP contribution < -0.4 is 21.7 Å². The molecule has 5 N–H and O–H groups in total. The van der Waals surface area contributed by atoms with Gasteiger partial charge in [-0.1, -0.05) is 42.5 Å². The van der Waals surface area contributed by atoms with Crippen LogP contribution in [0, 0.1) is 0 Å². The van der Waals surface area contributed by atoms with Gasteiger partial charge in [-0.05, 0) is 53.6 Å². The van der Waals surface area contributed by atoms with Gasteiger partial charge in [0, 0.05) is 31.6 Å². The standard InChI is InChI=1S/C32H33N5O6/c1-37(2)29(38)19-34-31(40)27(36-32(41)43-20-22-7-4-3-5-8-22)17-21-10-12-23(13-11-21)30(39)35-26-18-24(14-15-25(26)33)28-9-6-16-42-28/h3-16,18,27H,17,19-20,33H2,1-2H3,(H,34,40)(H,35,39)(H,36,41)/t27-/m0/s1. The first-order valence-electron chi connectivity index (χ1n) is 13.5.